The van der Waals surface area contributed by atoms with Crippen LogP contribution in [0.5, 0.6) is 0 Å². The summed E-state index contributed by atoms with van der Waals surface area (Å²) in [5.41, 5.74) is 0.486. The molecule has 0 aliphatic rings. The molecule has 0 aliphatic heterocycles. The van der Waals surface area contributed by atoms with E-state index in [0.717, 1.165) is 6.42 Å². The summed E-state index contributed by atoms with van der Waals surface area (Å²) in [6.45, 7) is 8.85. The van der Waals surface area contributed by atoms with Crippen LogP contribution >= 0.6 is 0 Å². The molecule has 0 saturated carbocycles. The van der Waals surface area contributed by atoms with Gasteiger partial charge in [-0.15, -0.1) is 0 Å². The lowest BCUT2D eigenvalue weighted by Gasteiger charge is -2.19. The van der Waals surface area contributed by atoms with E-state index in [4.69, 9.17) is 0 Å². The largest absolute Gasteiger partial charge is 0.299 e. The minimum absolute atomic E-state index is 0.00708. The first-order chi connectivity index (χ1) is 7.95. The van der Waals surface area contributed by atoms with E-state index in [1.165, 1.54) is 0 Å². The Morgan fingerprint density at radius 3 is 2.65 bits per heavy atom. The Balaban J connectivity index is 2.67. The van der Waals surface area contributed by atoms with Crippen molar-refractivity contribution in [2.24, 2.45) is 0 Å². The van der Waals surface area contributed by atoms with Crippen LogP contribution in [-0.4, -0.2) is 19.3 Å². The van der Waals surface area contributed by atoms with Crippen molar-refractivity contribution in [1.82, 2.24) is 19.3 Å². The summed E-state index contributed by atoms with van der Waals surface area (Å²) in [6, 6.07) is 0. The van der Waals surface area contributed by atoms with Gasteiger partial charge in [0.15, 0.2) is 5.65 Å². The molecule has 2 rings (SSSR count). The first kappa shape index (κ1) is 11.8. The number of aryl methyl sites for hydroxylation is 1. The van der Waals surface area contributed by atoms with Crippen LogP contribution in [0.2, 0.25) is 0 Å². The predicted octanol–water partition coefficient (Wildman–Crippen LogP) is 1.76. The van der Waals surface area contributed by atoms with Crippen molar-refractivity contribution in [2.75, 3.05) is 0 Å². The zero-order valence-electron chi connectivity index (χ0n) is 10.8. The number of rotatable bonds is 2. The number of hydrogen-bond acceptors (Lipinski definition) is 3. The first-order valence-corrected chi connectivity index (χ1v) is 5.89. The molecule has 5 heteroatoms. The third-order valence-corrected chi connectivity index (χ3v) is 2.65. The number of aromatic nitrogens is 4. The highest BCUT2D eigenvalue weighted by molar-refractivity contribution is 5.73. The average molecular weight is 234 g/mol. The Morgan fingerprint density at radius 2 is 2.06 bits per heavy atom. The second-order valence-corrected chi connectivity index (χ2v) is 5.21. The molecule has 0 saturated heterocycles. The SMILES string of the molecule is CCCn1cnc2c(cnn2C(C)(C)C)c1=O. The number of nitrogens with zero attached hydrogens (tertiary/aromatic N) is 4. The molecule has 2 aromatic rings. The molecule has 0 atom stereocenters. The summed E-state index contributed by atoms with van der Waals surface area (Å²) in [6.07, 6.45) is 4.14. The Morgan fingerprint density at radius 1 is 1.35 bits per heavy atom. The normalized spacial score (nSPS) is 12.2. The summed E-state index contributed by atoms with van der Waals surface area (Å²) in [4.78, 5) is 16.5. The van der Waals surface area contributed by atoms with Gasteiger partial charge in [0.2, 0.25) is 0 Å². The summed E-state index contributed by atoms with van der Waals surface area (Å²) in [5, 5.41) is 4.86. The van der Waals surface area contributed by atoms with E-state index in [2.05, 4.69) is 10.1 Å². The standard InChI is InChI=1S/C12H18N4O/c1-5-6-15-8-13-10-9(11(15)17)7-14-16(10)12(2,3)4/h7-8H,5-6H2,1-4H3. The average Bonchev–Trinajstić information content (AvgIpc) is 2.66. The Labute approximate surface area is 100 Å². The highest BCUT2D eigenvalue weighted by Crippen LogP contribution is 2.17. The molecule has 0 unspecified atom stereocenters. The van der Waals surface area contributed by atoms with Gasteiger partial charge in [0.1, 0.15) is 5.39 Å². The smallest absolute Gasteiger partial charge is 0.264 e. The molecule has 0 amide bonds. The van der Waals surface area contributed by atoms with Crippen molar-refractivity contribution in [3.8, 4) is 0 Å². The summed E-state index contributed by atoms with van der Waals surface area (Å²) < 4.78 is 3.43. The van der Waals surface area contributed by atoms with Crippen LogP contribution in [0.1, 0.15) is 34.1 Å². The third kappa shape index (κ3) is 1.97. The quantitative estimate of drug-likeness (QED) is 0.795. The second-order valence-electron chi connectivity index (χ2n) is 5.21. The first-order valence-electron chi connectivity index (χ1n) is 5.89. The van der Waals surface area contributed by atoms with Gasteiger partial charge in [0.05, 0.1) is 18.1 Å². The minimum atomic E-state index is -0.169. The molecule has 2 heterocycles. The van der Waals surface area contributed by atoms with E-state index < -0.39 is 0 Å². The van der Waals surface area contributed by atoms with Gasteiger partial charge in [-0.1, -0.05) is 6.92 Å². The topological polar surface area (TPSA) is 52.7 Å². The van der Waals surface area contributed by atoms with Gasteiger partial charge >= 0.3 is 0 Å². The maximum absolute atomic E-state index is 12.1. The molecular weight excluding hydrogens is 216 g/mol. The van der Waals surface area contributed by atoms with Crippen molar-refractivity contribution < 1.29 is 0 Å². The fourth-order valence-corrected chi connectivity index (χ4v) is 1.84. The molecule has 2 aromatic heterocycles. The fraction of sp³-hybridized carbons (Fsp3) is 0.583. The van der Waals surface area contributed by atoms with Crippen LogP contribution in [0.3, 0.4) is 0 Å². The molecule has 17 heavy (non-hydrogen) atoms. The van der Waals surface area contributed by atoms with Crippen molar-refractivity contribution in [1.29, 1.82) is 0 Å². The van der Waals surface area contributed by atoms with Crippen molar-refractivity contribution in [2.45, 2.75) is 46.2 Å². The highest BCUT2D eigenvalue weighted by atomic mass is 16.1. The van der Waals surface area contributed by atoms with Gasteiger partial charge in [-0.2, -0.15) is 5.10 Å². The molecule has 92 valence electrons. The van der Waals surface area contributed by atoms with E-state index in [1.807, 2.05) is 27.7 Å². The van der Waals surface area contributed by atoms with Gasteiger partial charge < -0.3 is 0 Å². The van der Waals surface area contributed by atoms with E-state index in [-0.39, 0.29) is 11.1 Å². The zero-order chi connectivity index (χ0) is 12.6. The Hall–Kier alpha value is -1.65. The molecule has 0 aromatic carbocycles. The lowest BCUT2D eigenvalue weighted by Crippen LogP contribution is -2.25. The number of fused-ring (bicyclic) bond motifs is 1. The van der Waals surface area contributed by atoms with E-state index in [0.29, 0.717) is 17.6 Å². The maximum Gasteiger partial charge on any atom is 0.264 e. The molecule has 0 radical (unpaired) electrons. The summed E-state index contributed by atoms with van der Waals surface area (Å²) in [7, 11) is 0. The van der Waals surface area contributed by atoms with Crippen LogP contribution in [0.25, 0.3) is 11.0 Å². The summed E-state index contributed by atoms with van der Waals surface area (Å²) in [5.74, 6) is 0. The zero-order valence-corrected chi connectivity index (χ0v) is 10.8. The van der Waals surface area contributed by atoms with Gasteiger partial charge in [-0.05, 0) is 27.2 Å². The molecule has 5 nitrogen and oxygen atoms in total. The van der Waals surface area contributed by atoms with Crippen LogP contribution in [0.15, 0.2) is 17.3 Å². The maximum atomic E-state index is 12.1. The van der Waals surface area contributed by atoms with Gasteiger partial charge in [-0.3, -0.25) is 9.36 Å². The van der Waals surface area contributed by atoms with Gasteiger partial charge in [0, 0.05) is 6.54 Å². The van der Waals surface area contributed by atoms with Crippen LogP contribution in [-0.2, 0) is 12.1 Å². The molecule has 0 bridgehead atoms. The molecule has 0 fully saturated rings. The van der Waals surface area contributed by atoms with E-state index >= 15 is 0 Å². The van der Waals surface area contributed by atoms with E-state index in [1.54, 1.807) is 21.8 Å². The van der Waals surface area contributed by atoms with Gasteiger partial charge in [-0.25, -0.2) is 9.67 Å². The van der Waals surface area contributed by atoms with E-state index in [9.17, 15) is 4.79 Å². The van der Waals surface area contributed by atoms with Crippen molar-refractivity contribution in [3.63, 3.8) is 0 Å². The van der Waals surface area contributed by atoms with Crippen molar-refractivity contribution in [3.05, 3.63) is 22.9 Å². The Bertz CT molecular complexity index is 589. The molecule has 0 N–H and O–H groups in total. The molecule has 0 spiro atoms. The van der Waals surface area contributed by atoms with Crippen LogP contribution < -0.4 is 5.56 Å². The lowest BCUT2D eigenvalue weighted by molar-refractivity contribution is 0.365. The molecular formula is C12H18N4O. The van der Waals surface area contributed by atoms with Crippen LogP contribution in [0.4, 0.5) is 0 Å². The lowest BCUT2D eigenvalue weighted by atomic mass is 10.1. The Kier molecular flexibility index (Phi) is 2.77. The molecule has 0 aliphatic carbocycles. The minimum Gasteiger partial charge on any atom is -0.299 e. The predicted molar refractivity (Wildman–Crippen MR) is 67.1 cm³/mol. The third-order valence-electron chi connectivity index (χ3n) is 2.65. The second kappa shape index (κ2) is 3.98. The monoisotopic (exact) mass is 234 g/mol. The van der Waals surface area contributed by atoms with Crippen LogP contribution in [0, 0.1) is 0 Å². The summed E-state index contributed by atoms with van der Waals surface area (Å²) >= 11 is 0. The highest BCUT2D eigenvalue weighted by Gasteiger charge is 2.19. The fourth-order valence-electron chi connectivity index (χ4n) is 1.84. The van der Waals surface area contributed by atoms with Gasteiger partial charge in [0.25, 0.3) is 5.56 Å². The number of hydrogen-bond donors (Lipinski definition) is 0. The van der Waals surface area contributed by atoms with Crippen molar-refractivity contribution >= 4 is 11.0 Å².